The fourth-order valence-corrected chi connectivity index (χ4v) is 0.710. The lowest BCUT2D eigenvalue weighted by Gasteiger charge is -2.10. The van der Waals surface area contributed by atoms with Crippen molar-refractivity contribution in [1.29, 1.82) is 0 Å². The second-order valence-electron chi connectivity index (χ2n) is 2.72. The van der Waals surface area contributed by atoms with Crippen LogP contribution in [0, 0.1) is 0 Å². The number of nitrogens with one attached hydrogen (secondary N) is 1. The third kappa shape index (κ3) is 3.81. The number of rotatable bonds is 4. The normalized spacial score (nSPS) is 10.8. The molecule has 0 atom stereocenters. The summed E-state index contributed by atoms with van der Waals surface area (Å²) in [5, 5.41) is 2.94. The van der Waals surface area contributed by atoms with Gasteiger partial charge in [-0.15, -0.1) is 6.58 Å². The highest BCUT2D eigenvalue weighted by Crippen LogP contribution is 1.94. The molecule has 68 valence electrons. The minimum Gasteiger partial charge on any atom is -0.387 e. The topological polar surface area (TPSA) is 32.3 Å². The van der Waals surface area contributed by atoms with Crippen molar-refractivity contribution in [1.82, 2.24) is 10.2 Å². The fraction of sp³-hybridized carbons (Fsp3) is 0.444. The first-order valence-corrected chi connectivity index (χ1v) is 3.82. The predicted octanol–water partition coefficient (Wildman–Crippen LogP) is 0.754. The average molecular weight is 168 g/mol. The summed E-state index contributed by atoms with van der Waals surface area (Å²) in [6.07, 6.45) is 3.44. The predicted molar refractivity (Wildman–Crippen MR) is 50.7 cm³/mol. The third-order valence-electron chi connectivity index (χ3n) is 1.32. The molecule has 0 aromatic rings. The van der Waals surface area contributed by atoms with Crippen LogP contribution >= 0.6 is 0 Å². The van der Waals surface area contributed by atoms with Gasteiger partial charge in [0, 0.05) is 32.4 Å². The Kier molecular flexibility index (Phi) is 4.84. The Morgan fingerprint density at radius 3 is 2.58 bits per heavy atom. The highest BCUT2D eigenvalue weighted by Gasteiger charge is 2.04. The Morgan fingerprint density at radius 1 is 1.58 bits per heavy atom. The Bertz CT molecular complexity index is 195. The molecule has 3 heteroatoms. The van der Waals surface area contributed by atoms with Crippen LogP contribution in [-0.2, 0) is 4.79 Å². The summed E-state index contributed by atoms with van der Waals surface area (Å²) in [6, 6.07) is 0. The van der Waals surface area contributed by atoms with Gasteiger partial charge >= 0.3 is 0 Å². The summed E-state index contributed by atoms with van der Waals surface area (Å²) in [5.41, 5.74) is 0.696. The van der Waals surface area contributed by atoms with Gasteiger partial charge in [0.05, 0.1) is 0 Å². The molecule has 0 saturated heterocycles. The van der Waals surface area contributed by atoms with Crippen LogP contribution in [0.4, 0.5) is 0 Å². The largest absolute Gasteiger partial charge is 0.387 e. The molecule has 0 bridgehead atoms. The van der Waals surface area contributed by atoms with Crippen molar-refractivity contribution in [3.63, 3.8) is 0 Å². The van der Waals surface area contributed by atoms with Gasteiger partial charge in [0.1, 0.15) is 0 Å². The molecule has 0 unspecified atom stereocenters. The maximum atomic E-state index is 11.2. The number of hydrogen-bond acceptors (Lipinski definition) is 2. The molecule has 0 aromatic carbocycles. The molecule has 0 aliphatic carbocycles. The van der Waals surface area contributed by atoms with Gasteiger partial charge in [-0.05, 0) is 6.92 Å². The minimum absolute atomic E-state index is 0.0200. The Labute approximate surface area is 73.8 Å². The molecule has 0 fully saturated rings. The zero-order valence-electron chi connectivity index (χ0n) is 7.92. The molecule has 3 nitrogen and oxygen atoms in total. The second-order valence-corrected chi connectivity index (χ2v) is 2.72. The fourth-order valence-electron chi connectivity index (χ4n) is 0.710. The number of amides is 1. The van der Waals surface area contributed by atoms with Gasteiger partial charge in [0.2, 0.25) is 5.91 Å². The zero-order valence-corrected chi connectivity index (χ0v) is 7.92. The van der Waals surface area contributed by atoms with E-state index in [0.717, 1.165) is 0 Å². The van der Waals surface area contributed by atoms with Gasteiger partial charge < -0.3 is 10.2 Å². The van der Waals surface area contributed by atoms with Gasteiger partial charge in [-0.25, -0.2) is 0 Å². The summed E-state index contributed by atoms with van der Waals surface area (Å²) in [7, 11) is 3.46. The van der Waals surface area contributed by atoms with Gasteiger partial charge in [-0.1, -0.05) is 6.08 Å². The van der Waals surface area contributed by atoms with E-state index in [1.165, 1.54) is 0 Å². The van der Waals surface area contributed by atoms with Crippen molar-refractivity contribution in [3.8, 4) is 0 Å². The number of hydrogen-bond donors (Lipinski definition) is 1. The molecule has 0 rings (SSSR count). The lowest BCUT2D eigenvalue weighted by atomic mass is 10.3. The first-order valence-electron chi connectivity index (χ1n) is 3.82. The van der Waals surface area contributed by atoms with E-state index in [1.54, 1.807) is 38.2 Å². The summed E-state index contributed by atoms with van der Waals surface area (Å²) < 4.78 is 0. The molecule has 1 N–H and O–H groups in total. The van der Waals surface area contributed by atoms with E-state index in [1.807, 2.05) is 0 Å². The van der Waals surface area contributed by atoms with Crippen LogP contribution in [-0.4, -0.2) is 31.4 Å². The van der Waals surface area contributed by atoms with Gasteiger partial charge in [0.15, 0.2) is 0 Å². The van der Waals surface area contributed by atoms with E-state index >= 15 is 0 Å². The van der Waals surface area contributed by atoms with E-state index < -0.39 is 0 Å². The second kappa shape index (κ2) is 5.41. The van der Waals surface area contributed by atoms with Crippen molar-refractivity contribution in [3.05, 3.63) is 24.4 Å². The zero-order chi connectivity index (χ0) is 9.56. The molecular weight excluding hydrogens is 152 g/mol. The van der Waals surface area contributed by atoms with Crippen LogP contribution in [0.1, 0.15) is 6.92 Å². The van der Waals surface area contributed by atoms with Crippen LogP contribution in [0.25, 0.3) is 0 Å². The van der Waals surface area contributed by atoms with Crippen molar-refractivity contribution in [2.75, 3.05) is 20.6 Å². The molecule has 1 amide bonds. The van der Waals surface area contributed by atoms with Crippen LogP contribution in [0.3, 0.4) is 0 Å². The quantitative estimate of drug-likeness (QED) is 0.382. The monoisotopic (exact) mass is 168 g/mol. The van der Waals surface area contributed by atoms with E-state index in [2.05, 4.69) is 11.9 Å². The summed E-state index contributed by atoms with van der Waals surface area (Å²) in [4.78, 5) is 12.8. The highest BCUT2D eigenvalue weighted by atomic mass is 16.2. The highest BCUT2D eigenvalue weighted by molar-refractivity contribution is 5.92. The van der Waals surface area contributed by atoms with Crippen LogP contribution in [0.2, 0.25) is 0 Å². The molecule has 0 aliphatic rings. The minimum atomic E-state index is 0.0200. The van der Waals surface area contributed by atoms with Crippen LogP contribution in [0.5, 0.6) is 0 Å². The van der Waals surface area contributed by atoms with Crippen molar-refractivity contribution in [2.24, 2.45) is 0 Å². The molecule has 0 saturated carbocycles. The molecule has 12 heavy (non-hydrogen) atoms. The number of carbonyl (C=O) groups is 1. The van der Waals surface area contributed by atoms with Crippen LogP contribution in [0.15, 0.2) is 24.4 Å². The van der Waals surface area contributed by atoms with Crippen molar-refractivity contribution >= 4 is 5.91 Å². The van der Waals surface area contributed by atoms with E-state index in [0.29, 0.717) is 12.1 Å². The Balaban J connectivity index is 3.99. The third-order valence-corrected chi connectivity index (χ3v) is 1.32. The van der Waals surface area contributed by atoms with Gasteiger partial charge in [-0.2, -0.15) is 0 Å². The molecular formula is C9H16N2O. The lowest BCUT2D eigenvalue weighted by molar-refractivity contribution is -0.124. The van der Waals surface area contributed by atoms with E-state index in [9.17, 15) is 4.79 Å². The molecule has 0 spiro atoms. The molecule has 0 aliphatic heterocycles. The maximum absolute atomic E-state index is 11.2. The van der Waals surface area contributed by atoms with Crippen LogP contribution < -0.4 is 5.32 Å². The SMILES string of the molecule is C=CCNC=C(C)C(=O)N(C)C. The Morgan fingerprint density at radius 2 is 2.17 bits per heavy atom. The van der Waals surface area contributed by atoms with Crippen molar-refractivity contribution in [2.45, 2.75) is 6.92 Å². The van der Waals surface area contributed by atoms with E-state index in [4.69, 9.17) is 0 Å². The van der Waals surface area contributed by atoms with Crippen molar-refractivity contribution < 1.29 is 4.79 Å². The smallest absolute Gasteiger partial charge is 0.250 e. The van der Waals surface area contributed by atoms with E-state index in [-0.39, 0.29) is 5.91 Å². The number of carbonyl (C=O) groups excluding carboxylic acids is 1. The van der Waals surface area contributed by atoms with Gasteiger partial charge in [0.25, 0.3) is 0 Å². The standard InChI is InChI=1S/C9H16N2O/c1-5-6-10-7-8(2)9(12)11(3)4/h5,7,10H,1,6H2,2-4H3. The Hall–Kier alpha value is -1.25. The summed E-state index contributed by atoms with van der Waals surface area (Å²) in [5.74, 6) is 0.0200. The number of nitrogens with zero attached hydrogens (tertiary/aromatic N) is 1. The molecule has 0 radical (unpaired) electrons. The first kappa shape index (κ1) is 10.8. The average Bonchev–Trinajstić information content (AvgIpc) is 2.03. The first-order chi connectivity index (χ1) is 5.59. The summed E-state index contributed by atoms with van der Waals surface area (Å²) >= 11 is 0. The molecule has 0 aromatic heterocycles. The maximum Gasteiger partial charge on any atom is 0.250 e. The lowest BCUT2D eigenvalue weighted by Crippen LogP contribution is -2.23. The number of likely N-dealkylation sites (N-methyl/N-ethyl adjacent to an activating group) is 1. The van der Waals surface area contributed by atoms with Gasteiger partial charge in [-0.3, -0.25) is 4.79 Å². The molecule has 0 heterocycles. The summed E-state index contributed by atoms with van der Waals surface area (Å²) in [6.45, 7) is 6.01.